The van der Waals surface area contributed by atoms with Crippen LogP contribution in [0.2, 0.25) is 0 Å². The molecule has 17 heavy (non-hydrogen) atoms. The Kier molecular flexibility index (Phi) is 2.44. The van der Waals surface area contributed by atoms with Crippen LogP contribution < -0.4 is 0 Å². The molecule has 1 saturated carbocycles. The minimum atomic E-state index is -0.633. The van der Waals surface area contributed by atoms with Crippen molar-refractivity contribution in [1.29, 1.82) is 0 Å². The quantitative estimate of drug-likeness (QED) is 0.866. The lowest BCUT2D eigenvalue weighted by Crippen LogP contribution is -2.30. The van der Waals surface area contributed by atoms with Gasteiger partial charge in [0.05, 0.1) is 5.92 Å². The number of hydrogen-bond acceptors (Lipinski definition) is 2. The smallest absolute Gasteiger partial charge is 0.307 e. The Labute approximate surface area is 101 Å². The summed E-state index contributed by atoms with van der Waals surface area (Å²) >= 11 is 0. The van der Waals surface area contributed by atoms with Crippen molar-refractivity contribution >= 4 is 5.97 Å². The lowest BCUT2D eigenvalue weighted by atomic mass is 10.1. The molecular formula is C14H17NO2. The SMILES string of the molecule is O=C(O)C1CN(Cc2ccccc2)C2(CC2)C1. The molecule has 1 saturated heterocycles. The fraction of sp³-hybridized carbons (Fsp3) is 0.500. The monoisotopic (exact) mass is 231 g/mol. The first-order valence-corrected chi connectivity index (χ1v) is 6.21. The van der Waals surface area contributed by atoms with Crippen molar-refractivity contribution in [1.82, 2.24) is 4.90 Å². The summed E-state index contributed by atoms with van der Waals surface area (Å²) in [5.41, 5.74) is 1.50. The molecule has 1 unspecified atom stereocenters. The van der Waals surface area contributed by atoms with E-state index in [0.717, 1.165) is 13.0 Å². The lowest BCUT2D eigenvalue weighted by molar-refractivity contribution is -0.141. The van der Waals surface area contributed by atoms with Gasteiger partial charge in [-0.3, -0.25) is 9.69 Å². The van der Waals surface area contributed by atoms with Gasteiger partial charge in [-0.15, -0.1) is 0 Å². The van der Waals surface area contributed by atoms with E-state index in [1.165, 1.54) is 18.4 Å². The number of carboxylic acid groups (broad SMARTS) is 1. The van der Waals surface area contributed by atoms with E-state index in [9.17, 15) is 4.79 Å². The number of rotatable bonds is 3. The highest BCUT2D eigenvalue weighted by atomic mass is 16.4. The average molecular weight is 231 g/mol. The number of nitrogens with zero attached hydrogens (tertiary/aromatic N) is 1. The van der Waals surface area contributed by atoms with E-state index in [4.69, 9.17) is 5.11 Å². The third kappa shape index (κ3) is 1.95. The van der Waals surface area contributed by atoms with Crippen LogP contribution in [0.4, 0.5) is 0 Å². The number of hydrogen-bond donors (Lipinski definition) is 1. The zero-order chi connectivity index (χ0) is 11.9. The van der Waals surface area contributed by atoms with Crippen LogP contribution in [0.25, 0.3) is 0 Å². The molecule has 1 heterocycles. The number of likely N-dealkylation sites (tertiary alicyclic amines) is 1. The molecule has 0 aromatic heterocycles. The molecule has 3 nitrogen and oxygen atoms in total. The van der Waals surface area contributed by atoms with E-state index in [0.29, 0.717) is 6.54 Å². The lowest BCUT2D eigenvalue weighted by Gasteiger charge is -2.23. The molecular weight excluding hydrogens is 214 g/mol. The van der Waals surface area contributed by atoms with Gasteiger partial charge in [-0.2, -0.15) is 0 Å². The third-order valence-corrected chi connectivity index (χ3v) is 4.13. The Morgan fingerprint density at radius 2 is 2.06 bits per heavy atom. The number of benzene rings is 1. The number of aliphatic carboxylic acids is 1. The van der Waals surface area contributed by atoms with Crippen LogP contribution in [0.3, 0.4) is 0 Å². The van der Waals surface area contributed by atoms with Crippen molar-refractivity contribution in [2.24, 2.45) is 5.92 Å². The normalized spacial score (nSPS) is 26.2. The Morgan fingerprint density at radius 3 is 2.65 bits per heavy atom. The van der Waals surface area contributed by atoms with Crippen LogP contribution in [0, 0.1) is 5.92 Å². The highest BCUT2D eigenvalue weighted by Crippen LogP contribution is 2.51. The highest BCUT2D eigenvalue weighted by Gasteiger charge is 2.55. The van der Waals surface area contributed by atoms with Crippen LogP contribution in [0.15, 0.2) is 30.3 Å². The predicted octanol–water partition coefficient (Wildman–Crippen LogP) is 2.13. The zero-order valence-corrected chi connectivity index (χ0v) is 9.80. The van der Waals surface area contributed by atoms with Crippen LogP contribution >= 0.6 is 0 Å². The molecule has 0 radical (unpaired) electrons. The molecule has 2 fully saturated rings. The molecule has 3 rings (SSSR count). The van der Waals surface area contributed by atoms with Gasteiger partial charge < -0.3 is 5.11 Å². The maximum absolute atomic E-state index is 11.1. The molecule has 1 aliphatic carbocycles. The van der Waals surface area contributed by atoms with Crippen molar-refractivity contribution in [3.05, 3.63) is 35.9 Å². The fourth-order valence-electron chi connectivity index (χ4n) is 2.98. The summed E-state index contributed by atoms with van der Waals surface area (Å²) in [6.07, 6.45) is 3.18. The predicted molar refractivity (Wildman–Crippen MR) is 64.6 cm³/mol. The summed E-state index contributed by atoms with van der Waals surface area (Å²) in [6, 6.07) is 10.3. The van der Waals surface area contributed by atoms with E-state index in [1.807, 2.05) is 18.2 Å². The van der Waals surface area contributed by atoms with Gasteiger partial charge in [0.2, 0.25) is 0 Å². The first kappa shape index (κ1) is 10.8. The summed E-state index contributed by atoms with van der Waals surface area (Å²) in [4.78, 5) is 13.5. The maximum atomic E-state index is 11.1. The largest absolute Gasteiger partial charge is 0.481 e. The minimum absolute atomic E-state index is 0.166. The third-order valence-electron chi connectivity index (χ3n) is 4.13. The molecule has 2 aliphatic rings. The molecule has 1 atom stereocenters. The van der Waals surface area contributed by atoms with Crippen LogP contribution in [0.1, 0.15) is 24.8 Å². The summed E-state index contributed by atoms with van der Waals surface area (Å²) in [6.45, 7) is 1.61. The van der Waals surface area contributed by atoms with E-state index in [2.05, 4.69) is 17.0 Å². The van der Waals surface area contributed by atoms with Crippen LogP contribution in [-0.2, 0) is 11.3 Å². The van der Waals surface area contributed by atoms with Gasteiger partial charge in [0.25, 0.3) is 0 Å². The summed E-state index contributed by atoms with van der Waals surface area (Å²) in [5, 5.41) is 9.13. The van der Waals surface area contributed by atoms with Gasteiger partial charge >= 0.3 is 5.97 Å². The highest BCUT2D eigenvalue weighted by molar-refractivity contribution is 5.71. The Bertz CT molecular complexity index is 425. The van der Waals surface area contributed by atoms with Crippen molar-refractivity contribution in [2.45, 2.75) is 31.3 Å². The van der Waals surface area contributed by atoms with E-state index in [-0.39, 0.29) is 11.5 Å². The average Bonchev–Trinajstić information content (AvgIpc) is 3.00. The second-order valence-electron chi connectivity index (χ2n) is 5.33. The maximum Gasteiger partial charge on any atom is 0.307 e. The number of carbonyl (C=O) groups is 1. The Morgan fingerprint density at radius 1 is 1.35 bits per heavy atom. The van der Waals surface area contributed by atoms with Crippen LogP contribution in [0.5, 0.6) is 0 Å². The molecule has 1 aliphatic heterocycles. The standard InChI is InChI=1S/C14H17NO2/c16-13(17)12-8-14(6-7-14)15(10-12)9-11-4-2-1-3-5-11/h1-5,12H,6-10H2,(H,16,17). The topological polar surface area (TPSA) is 40.5 Å². The first-order chi connectivity index (χ1) is 8.20. The van der Waals surface area contributed by atoms with E-state index in [1.54, 1.807) is 0 Å². The van der Waals surface area contributed by atoms with Crippen LogP contribution in [-0.4, -0.2) is 28.1 Å². The molecule has 1 N–H and O–H groups in total. The van der Waals surface area contributed by atoms with Crippen molar-refractivity contribution in [3.63, 3.8) is 0 Å². The van der Waals surface area contributed by atoms with Gasteiger partial charge in [0, 0.05) is 18.6 Å². The van der Waals surface area contributed by atoms with Gasteiger partial charge in [-0.1, -0.05) is 30.3 Å². The van der Waals surface area contributed by atoms with E-state index < -0.39 is 5.97 Å². The van der Waals surface area contributed by atoms with Crippen molar-refractivity contribution < 1.29 is 9.90 Å². The minimum Gasteiger partial charge on any atom is -0.481 e. The van der Waals surface area contributed by atoms with Crippen molar-refractivity contribution in [3.8, 4) is 0 Å². The number of carboxylic acids is 1. The second kappa shape index (κ2) is 3.84. The molecule has 0 bridgehead atoms. The molecule has 3 heteroatoms. The summed E-state index contributed by atoms with van der Waals surface area (Å²) in [7, 11) is 0. The zero-order valence-electron chi connectivity index (χ0n) is 9.80. The van der Waals surface area contributed by atoms with E-state index >= 15 is 0 Å². The Balaban J connectivity index is 1.73. The summed E-state index contributed by atoms with van der Waals surface area (Å²) < 4.78 is 0. The van der Waals surface area contributed by atoms with Gasteiger partial charge in [-0.05, 0) is 24.8 Å². The first-order valence-electron chi connectivity index (χ1n) is 6.21. The molecule has 1 spiro atoms. The van der Waals surface area contributed by atoms with Gasteiger partial charge in [0.1, 0.15) is 0 Å². The molecule has 1 aromatic rings. The Hall–Kier alpha value is -1.35. The molecule has 1 aromatic carbocycles. The molecule has 0 amide bonds. The second-order valence-corrected chi connectivity index (χ2v) is 5.33. The summed E-state index contributed by atoms with van der Waals surface area (Å²) in [5.74, 6) is -0.798. The van der Waals surface area contributed by atoms with Gasteiger partial charge in [-0.25, -0.2) is 0 Å². The molecule has 90 valence electrons. The van der Waals surface area contributed by atoms with Crippen molar-refractivity contribution in [2.75, 3.05) is 6.54 Å². The fourth-order valence-corrected chi connectivity index (χ4v) is 2.98. The van der Waals surface area contributed by atoms with Gasteiger partial charge in [0.15, 0.2) is 0 Å².